The number of rotatable bonds is 2. The fourth-order valence-electron chi connectivity index (χ4n) is 3.38. The van der Waals surface area contributed by atoms with Crippen molar-refractivity contribution in [3.05, 3.63) is 52.0 Å². The number of aromatic amines is 1. The summed E-state index contributed by atoms with van der Waals surface area (Å²) in [5.74, 6) is 0.491. The molecule has 1 amide bonds. The highest BCUT2D eigenvalue weighted by atomic mass is 32.1. The summed E-state index contributed by atoms with van der Waals surface area (Å²) in [4.78, 5) is 23.3. The molecule has 0 unspecified atom stereocenters. The van der Waals surface area contributed by atoms with Gasteiger partial charge in [-0.25, -0.2) is 4.98 Å². The molecule has 0 bridgehead atoms. The van der Waals surface area contributed by atoms with E-state index in [9.17, 15) is 4.79 Å². The largest absolute Gasteiger partial charge is 0.346 e. The number of aromatic nitrogens is 2. The summed E-state index contributed by atoms with van der Waals surface area (Å²) < 4.78 is 0. The van der Waals surface area contributed by atoms with Crippen molar-refractivity contribution in [2.24, 2.45) is 0 Å². The number of carbonyl (C=O) groups excluding carboxylic acids is 1. The Morgan fingerprint density at radius 3 is 2.81 bits per heavy atom. The van der Waals surface area contributed by atoms with E-state index in [0.717, 1.165) is 31.6 Å². The number of nitrogens with one attached hydrogen (secondary N) is 1. The Morgan fingerprint density at radius 1 is 1.35 bits per heavy atom. The number of thiophene rings is 1. The highest BCUT2D eigenvalue weighted by Crippen LogP contribution is 2.33. The second kappa shape index (κ2) is 8.15. The third-order valence-corrected chi connectivity index (χ3v) is 5.61. The monoisotopic (exact) mass is 368 g/mol. The van der Waals surface area contributed by atoms with Crippen molar-refractivity contribution in [2.45, 2.75) is 32.6 Å². The van der Waals surface area contributed by atoms with Crippen LogP contribution in [-0.2, 0) is 0 Å². The van der Waals surface area contributed by atoms with Gasteiger partial charge in [0.2, 0.25) is 0 Å². The van der Waals surface area contributed by atoms with Gasteiger partial charge in [-0.2, -0.15) is 5.26 Å². The van der Waals surface area contributed by atoms with Crippen LogP contribution in [0, 0.1) is 11.3 Å². The Morgan fingerprint density at radius 2 is 2.12 bits per heavy atom. The molecule has 4 heterocycles. The van der Waals surface area contributed by atoms with Gasteiger partial charge in [-0.05, 0) is 48.6 Å². The predicted molar refractivity (Wildman–Crippen MR) is 106 cm³/mol. The molecule has 1 saturated heterocycles. The summed E-state index contributed by atoms with van der Waals surface area (Å²) in [6.07, 6.45) is 5.74. The maximum Gasteiger partial charge on any atom is 0.263 e. The van der Waals surface area contributed by atoms with Gasteiger partial charge in [-0.3, -0.25) is 4.79 Å². The molecule has 3 aromatic rings. The molecule has 3 aromatic heterocycles. The summed E-state index contributed by atoms with van der Waals surface area (Å²) in [5.41, 5.74) is 2.22. The Balaban J connectivity index is 0.000000844. The lowest BCUT2D eigenvalue weighted by molar-refractivity contribution is 0.0718. The molecule has 1 fully saturated rings. The van der Waals surface area contributed by atoms with Crippen molar-refractivity contribution < 1.29 is 6.22 Å². The third kappa shape index (κ3) is 3.49. The van der Waals surface area contributed by atoms with E-state index in [2.05, 4.69) is 28.3 Å². The maximum atomic E-state index is 12.5. The number of nitriles is 1. The van der Waals surface area contributed by atoms with Crippen molar-refractivity contribution in [1.82, 2.24) is 14.9 Å². The number of hydrogen-bond donors (Lipinski definition) is 1. The Hall–Kier alpha value is -2.65. The summed E-state index contributed by atoms with van der Waals surface area (Å²) in [6, 6.07) is 9.61. The summed E-state index contributed by atoms with van der Waals surface area (Å²) in [6.45, 7) is 5.49. The normalized spacial score (nSPS) is 14.6. The van der Waals surface area contributed by atoms with Gasteiger partial charge in [0.05, 0.1) is 4.88 Å². The van der Waals surface area contributed by atoms with Gasteiger partial charge < -0.3 is 9.88 Å². The van der Waals surface area contributed by atoms with E-state index in [1.54, 1.807) is 18.3 Å². The molecular weight excluding hydrogens is 344 g/mol. The van der Waals surface area contributed by atoms with Crippen LogP contribution in [0.4, 0.5) is 0 Å². The van der Waals surface area contributed by atoms with Crippen LogP contribution < -0.4 is 0 Å². The van der Waals surface area contributed by atoms with Crippen molar-refractivity contribution in [1.29, 1.82) is 5.26 Å². The Kier molecular flexibility index (Phi) is 5.69. The van der Waals surface area contributed by atoms with E-state index in [1.165, 1.54) is 22.3 Å². The maximum absolute atomic E-state index is 12.5. The van der Waals surface area contributed by atoms with Crippen molar-refractivity contribution in [3.63, 3.8) is 0 Å². The van der Waals surface area contributed by atoms with Crippen LogP contribution in [0.5, 0.6) is 0 Å². The topological polar surface area (TPSA) is 72.8 Å². The number of likely N-dealkylation sites (tertiary alicyclic amines) is 1. The zero-order chi connectivity index (χ0) is 18.5. The number of H-pyrrole nitrogens is 1. The second-order valence-electron chi connectivity index (χ2n) is 5.99. The molecule has 0 saturated carbocycles. The van der Waals surface area contributed by atoms with E-state index in [4.69, 9.17) is 5.26 Å². The smallest absolute Gasteiger partial charge is 0.263 e. The first kappa shape index (κ1) is 18.2. The lowest BCUT2D eigenvalue weighted by atomic mass is 9.89. The van der Waals surface area contributed by atoms with Crippen molar-refractivity contribution in [2.75, 3.05) is 13.1 Å². The number of hydrogen-bond acceptors (Lipinski definition) is 4. The van der Waals surface area contributed by atoms with Crippen LogP contribution in [0.15, 0.2) is 36.7 Å². The first-order valence-corrected chi connectivity index (χ1v) is 9.79. The van der Waals surface area contributed by atoms with Gasteiger partial charge in [0.15, 0.2) is 0 Å². The van der Waals surface area contributed by atoms with E-state index in [0.29, 0.717) is 15.7 Å². The second-order valence-corrected chi connectivity index (χ2v) is 7.07. The van der Waals surface area contributed by atoms with Gasteiger partial charge in [0.1, 0.15) is 16.6 Å². The summed E-state index contributed by atoms with van der Waals surface area (Å²) in [5, 5.41) is 10.1. The highest BCUT2D eigenvalue weighted by molar-refractivity contribution is 7.14. The molecule has 0 atom stereocenters. The lowest BCUT2D eigenvalue weighted by Gasteiger charge is -2.31. The van der Waals surface area contributed by atoms with Gasteiger partial charge in [-0.1, -0.05) is 13.8 Å². The lowest BCUT2D eigenvalue weighted by Crippen LogP contribution is -2.37. The van der Waals surface area contributed by atoms with Crippen LogP contribution in [0.25, 0.3) is 11.0 Å². The van der Waals surface area contributed by atoms with E-state index >= 15 is 0 Å². The molecule has 1 aliphatic rings. The van der Waals surface area contributed by atoms with Crippen molar-refractivity contribution >= 4 is 28.3 Å². The molecule has 136 valence electrons. The summed E-state index contributed by atoms with van der Waals surface area (Å²) in [7, 11) is 0. The SMILES string of the molecule is CC.N#Cc1ccc(C(=O)N2CCC(c3c[nH]c4ncccc34)CC2)s1.[HH]. The Bertz CT molecular complexity index is 935. The van der Waals surface area contributed by atoms with E-state index < -0.39 is 0 Å². The zero-order valence-electron chi connectivity index (χ0n) is 15.0. The van der Waals surface area contributed by atoms with Crippen LogP contribution >= 0.6 is 11.3 Å². The molecule has 1 aliphatic heterocycles. The molecule has 0 aromatic carbocycles. The van der Waals surface area contributed by atoms with Crippen LogP contribution in [-0.4, -0.2) is 33.9 Å². The molecule has 4 rings (SSSR count). The van der Waals surface area contributed by atoms with Crippen LogP contribution in [0.2, 0.25) is 0 Å². The minimum Gasteiger partial charge on any atom is -0.346 e. The average Bonchev–Trinajstić information content (AvgIpc) is 3.36. The number of fused-ring (bicyclic) bond motifs is 1. The van der Waals surface area contributed by atoms with Crippen LogP contribution in [0.1, 0.15) is 54.1 Å². The fourth-order valence-corrected chi connectivity index (χ4v) is 4.15. The fraction of sp³-hybridized carbons (Fsp3) is 0.350. The number of piperidine rings is 1. The van der Waals surface area contributed by atoms with Gasteiger partial charge >= 0.3 is 0 Å². The average molecular weight is 369 g/mol. The standard InChI is InChI=1S/C18H16N4OS.C2H6.H2/c19-10-13-3-4-16(24-13)18(23)22-8-5-12(6-9-22)15-11-21-17-14(15)2-1-7-20-17;1-2;/h1-4,7,11-12H,5-6,8-9H2,(H,20,21);1-2H3;1H. The predicted octanol–water partition coefficient (Wildman–Crippen LogP) is 4.79. The van der Waals surface area contributed by atoms with E-state index in [-0.39, 0.29) is 7.33 Å². The molecule has 0 spiro atoms. The van der Waals surface area contributed by atoms with E-state index in [1.807, 2.05) is 24.8 Å². The van der Waals surface area contributed by atoms with Gasteiger partial charge in [0.25, 0.3) is 5.91 Å². The molecule has 1 N–H and O–H groups in total. The highest BCUT2D eigenvalue weighted by Gasteiger charge is 2.26. The van der Waals surface area contributed by atoms with Crippen LogP contribution in [0.3, 0.4) is 0 Å². The minimum absolute atomic E-state index is 0. The molecule has 5 nitrogen and oxygen atoms in total. The Labute approximate surface area is 158 Å². The van der Waals surface area contributed by atoms with Crippen molar-refractivity contribution in [3.8, 4) is 6.07 Å². The minimum atomic E-state index is 0. The third-order valence-electron chi connectivity index (χ3n) is 4.63. The van der Waals surface area contributed by atoms with Gasteiger partial charge in [-0.15, -0.1) is 11.3 Å². The molecule has 6 heteroatoms. The van der Waals surface area contributed by atoms with Gasteiger partial charge in [0, 0.05) is 32.3 Å². The summed E-state index contributed by atoms with van der Waals surface area (Å²) >= 11 is 1.27. The number of nitrogens with zero attached hydrogens (tertiary/aromatic N) is 3. The first-order chi connectivity index (χ1) is 12.8. The molecule has 26 heavy (non-hydrogen) atoms. The molecule has 0 aliphatic carbocycles. The first-order valence-electron chi connectivity index (χ1n) is 8.97. The number of pyridine rings is 1. The number of carbonyl (C=O) groups is 1. The number of amides is 1. The zero-order valence-corrected chi connectivity index (χ0v) is 15.8. The molecule has 0 radical (unpaired) electrons. The molecular formula is C20H24N4OS. The quantitative estimate of drug-likeness (QED) is 0.707.